The molecule has 0 radical (unpaired) electrons. The number of aromatic nitrogens is 2. The molecule has 1 aromatic carbocycles. The Balaban J connectivity index is 1.52. The number of fused-ring (bicyclic) bond motifs is 1. The largest absolute Gasteiger partial charge is 0.367 e. The second-order valence-corrected chi connectivity index (χ2v) is 6.54. The summed E-state index contributed by atoms with van der Waals surface area (Å²) in [6.45, 7) is 2.02. The van der Waals surface area contributed by atoms with E-state index in [0.29, 0.717) is 18.4 Å². The van der Waals surface area contributed by atoms with Gasteiger partial charge in [0.25, 0.3) is 0 Å². The fourth-order valence-electron chi connectivity index (χ4n) is 2.98. The van der Waals surface area contributed by atoms with Gasteiger partial charge in [0, 0.05) is 35.6 Å². The van der Waals surface area contributed by atoms with Crippen LogP contribution in [0.15, 0.2) is 24.4 Å². The summed E-state index contributed by atoms with van der Waals surface area (Å²) in [6, 6.07) is 6.46. The Morgan fingerprint density at radius 3 is 2.92 bits per heavy atom. The molecule has 3 N–H and O–H groups in total. The third kappa shape index (κ3) is 3.04. The molecule has 24 heavy (non-hydrogen) atoms. The van der Waals surface area contributed by atoms with E-state index in [1.54, 1.807) is 0 Å². The molecule has 0 saturated heterocycles. The Morgan fingerprint density at radius 1 is 1.25 bits per heavy atom. The number of carbonyl (C=O) groups is 1. The average Bonchev–Trinajstić information content (AvgIpc) is 2.54. The van der Waals surface area contributed by atoms with Crippen LogP contribution in [0.2, 0.25) is 0 Å². The molecule has 6 nitrogen and oxygen atoms in total. The van der Waals surface area contributed by atoms with Gasteiger partial charge in [-0.25, -0.2) is 4.98 Å². The molecular formula is C18H21N5O. The summed E-state index contributed by atoms with van der Waals surface area (Å²) in [4.78, 5) is 20.4. The van der Waals surface area contributed by atoms with Crippen molar-refractivity contribution in [3.8, 4) is 0 Å². The molecule has 124 valence electrons. The van der Waals surface area contributed by atoms with Crippen LogP contribution in [0.3, 0.4) is 0 Å². The van der Waals surface area contributed by atoms with Gasteiger partial charge in [-0.3, -0.25) is 4.79 Å². The zero-order valence-corrected chi connectivity index (χ0v) is 13.7. The Morgan fingerprint density at radius 2 is 2.12 bits per heavy atom. The lowest BCUT2D eigenvalue weighted by Crippen LogP contribution is -2.28. The van der Waals surface area contributed by atoms with Crippen molar-refractivity contribution >= 4 is 29.0 Å². The quantitative estimate of drug-likeness (QED) is 0.804. The molecule has 6 heteroatoms. The molecule has 1 saturated carbocycles. The highest BCUT2D eigenvalue weighted by molar-refractivity contribution is 5.94. The Kier molecular flexibility index (Phi) is 3.80. The molecule has 4 rings (SSSR count). The second-order valence-electron chi connectivity index (χ2n) is 6.54. The first kappa shape index (κ1) is 14.9. The Hall–Kier alpha value is -2.63. The van der Waals surface area contributed by atoms with E-state index in [1.807, 2.05) is 25.3 Å². The lowest BCUT2D eigenvalue weighted by Gasteiger charge is -2.27. The minimum absolute atomic E-state index is 0.0804. The first-order valence-corrected chi connectivity index (χ1v) is 8.47. The van der Waals surface area contributed by atoms with Gasteiger partial charge >= 0.3 is 0 Å². The van der Waals surface area contributed by atoms with Crippen LogP contribution < -0.4 is 16.0 Å². The first-order chi connectivity index (χ1) is 11.7. The molecule has 1 aromatic heterocycles. The molecule has 2 heterocycles. The third-order valence-corrected chi connectivity index (χ3v) is 4.67. The molecular weight excluding hydrogens is 302 g/mol. The van der Waals surface area contributed by atoms with Gasteiger partial charge in [-0.2, -0.15) is 4.98 Å². The zero-order chi connectivity index (χ0) is 16.5. The first-order valence-electron chi connectivity index (χ1n) is 8.47. The normalized spacial score (nSPS) is 16.8. The summed E-state index contributed by atoms with van der Waals surface area (Å²) in [5.41, 5.74) is 4.03. The Bertz CT molecular complexity index is 785. The smallest absolute Gasteiger partial charge is 0.229 e. The van der Waals surface area contributed by atoms with E-state index >= 15 is 0 Å². The SMILES string of the molecule is Cc1cnc(Nc2ccc3c(c2)CCC(=O)N3)nc1NC1CCC1. The zero-order valence-electron chi connectivity index (χ0n) is 13.7. The molecule has 0 atom stereocenters. The van der Waals surface area contributed by atoms with Crippen molar-refractivity contribution in [3.05, 3.63) is 35.5 Å². The van der Waals surface area contributed by atoms with E-state index in [0.717, 1.165) is 34.7 Å². The monoisotopic (exact) mass is 323 g/mol. The molecule has 0 unspecified atom stereocenters. The molecule has 1 amide bonds. The van der Waals surface area contributed by atoms with Crippen molar-refractivity contribution in [2.24, 2.45) is 0 Å². The molecule has 0 spiro atoms. The highest BCUT2D eigenvalue weighted by Crippen LogP contribution is 2.28. The number of nitrogens with zero attached hydrogens (tertiary/aromatic N) is 2. The van der Waals surface area contributed by atoms with Gasteiger partial charge in [-0.05, 0) is 56.4 Å². The fraction of sp³-hybridized carbons (Fsp3) is 0.389. The van der Waals surface area contributed by atoms with E-state index in [9.17, 15) is 4.79 Å². The topological polar surface area (TPSA) is 78.9 Å². The number of rotatable bonds is 4. The van der Waals surface area contributed by atoms with Crippen molar-refractivity contribution in [2.45, 2.75) is 45.1 Å². The lowest BCUT2D eigenvalue weighted by molar-refractivity contribution is -0.116. The van der Waals surface area contributed by atoms with E-state index in [-0.39, 0.29) is 5.91 Å². The van der Waals surface area contributed by atoms with E-state index in [2.05, 4.69) is 32.0 Å². The summed E-state index contributed by atoms with van der Waals surface area (Å²) in [6.07, 6.45) is 6.85. The van der Waals surface area contributed by atoms with Crippen molar-refractivity contribution in [3.63, 3.8) is 0 Å². The van der Waals surface area contributed by atoms with E-state index < -0.39 is 0 Å². The molecule has 1 fully saturated rings. The van der Waals surface area contributed by atoms with Crippen molar-refractivity contribution < 1.29 is 4.79 Å². The molecule has 0 bridgehead atoms. The Labute approximate surface area is 141 Å². The van der Waals surface area contributed by atoms with Gasteiger partial charge in [0.1, 0.15) is 5.82 Å². The number of nitrogens with one attached hydrogen (secondary N) is 3. The van der Waals surface area contributed by atoms with Gasteiger partial charge in [-0.1, -0.05) is 0 Å². The summed E-state index contributed by atoms with van der Waals surface area (Å²) in [5, 5.41) is 9.65. The fourth-order valence-corrected chi connectivity index (χ4v) is 2.98. The van der Waals surface area contributed by atoms with Crippen LogP contribution in [-0.4, -0.2) is 21.9 Å². The van der Waals surface area contributed by atoms with E-state index in [4.69, 9.17) is 0 Å². The molecule has 1 aliphatic heterocycles. The maximum atomic E-state index is 11.4. The highest BCUT2D eigenvalue weighted by Gasteiger charge is 2.19. The van der Waals surface area contributed by atoms with Crippen LogP contribution in [0.25, 0.3) is 0 Å². The maximum absolute atomic E-state index is 11.4. The van der Waals surface area contributed by atoms with Crippen LogP contribution in [-0.2, 0) is 11.2 Å². The van der Waals surface area contributed by atoms with Crippen LogP contribution >= 0.6 is 0 Å². The standard InChI is InChI=1S/C18H21N5O/c1-11-10-19-18(23-17(11)20-13-3-2-4-13)21-14-6-7-15-12(9-14)5-8-16(24)22-15/h6-7,9-10,13H,2-5,8H2,1H3,(H,22,24)(H2,19,20,21,23). The third-order valence-electron chi connectivity index (χ3n) is 4.67. The molecule has 1 aliphatic carbocycles. The second kappa shape index (κ2) is 6.11. The minimum Gasteiger partial charge on any atom is -0.367 e. The van der Waals surface area contributed by atoms with Gasteiger partial charge in [0.05, 0.1) is 0 Å². The predicted molar refractivity (Wildman–Crippen MR) is 94.7 cm³/mol. The number of hydrogen-bond donors (Lipinski definition) is 3. The number of anilines is 4. The van der Waals surface area contributed by atoms with Gasteiger partial charge < -0.3 is 16.0 Å². The average molecular weight is 323 g/mol. The summed E-state index contributed by atoms with van der Waals surface area (Å²) in [5.74, 6) is 1.57. The predicted octanol–water partition coefficient (Wildman–Crippen LogP) is 3.38. The van der Waals surface area contributed by atoms with Gasteiger partial charge in [0.15, 0.2) is 0 Å². The van der Waals surface area contributed by atoms with Crippen LogP contribution in [0, 0.1) is 6.92 Å². The van der Waals surface area contributed by atoms with Crippen LogP contribution in [0.1, 0.15) is 36.8 Å². The van der Waals surface area contributed by atoms with Crippen molar-refractivity contribution in [1.82, 2.24) is 9.97 Å². The van der Waals surface area contributed by atoms with Crippen LogP contribution in [0.4, 0.5) is 23.1 Å². The van der Waals surface area contributed by atoms with E-state index in [1.165, 1.54) is 19.3 Å². The van der Waals surface area contributed by atoms with Crippen molar-refractivity contribution in [1.29, 1.82) is 0 Å². The van der Waals surface area contributed by atoms with Gasteiger partial charge in [0.2, 0.25) is 11.9 Å². The number of amides is 1. The number of hydrogen-bond acceptors (Lipinski definition) is 5. The number of aryl methyl sites for hydroxylation is 2. The number of carbonyl (C=O) groups excluding carboxylic acids is 1. The number of benzene rings is 1. The summed E-state index contributed by atoms with van der Waals surface area (Å²) < 4.78 is 0. The maximum Gasteiger partial charge on any atom is 0.229 e. The summed E-state index contributed by atoms with van der Waals surface area (Å²) >= 11 is 0. The highest BCUT2D eigenvalue weighted by atomic mass is 16.1. The van der Waals surface area contributed by atoms with Gasteiger partial charge in [-0.15, -0.1) is 0 Å². The molecule has 2 aliphatic rings. The van der Waals surface area contributed by atoms with Crippen molar-refractivity contribution in [2.75, 3.05) is 16.0 Å². The lowest BCUT2D eigenvalue weighted by atomic mass is 9.93. The molecule has 2 aromatic rings. The summed E-state index contributed by atoms with van der Waals surface area (Å²) in [7, 11) is 0. The van der Waals surface area contributed by atoms with Crippen LogP contribution in [0.5, 0.6) is 0 Å². The minimum atomic E-state index is 0.0804.